The molecule has 1 N–H and O–H groups in total. The number of aliphatic hydroxyl groups is 1. The summed E-state index contributed by atoms with van der Waals surface area (Å²) in [4.78, 5) is 0. The Kier molecular flexibility index (Phi) is 7.40. The van der Waals surface area contributed by atoms with E-state index in [1.54, 1.807) is 0 Å². The maximum absolute atomic E-state index is 8.61. The molecule has 0 aromatic heterocycles. The molecule has 0 amide bonds. The van der Waals surface area contributed by atoms with Crippen molar-refractivity contribution < 1.29 is 5.11 Å². The number of unbranched alkanes of at least 4 members (excludes halogenated alkanes) is 3. The van der Waals surface area contributed by atoms with E-state index in [0.717, 1.165) is 12.2 Å². The maximum Gasteiger partial charge on any atom is 0.0431 e. The molecule has 2 heteroatoms. The summed E-state index contributed by atoms with van der Waals surface area (Å²) in [5.41, 5.74) is 1.41. The second kappa shape index (κ2) is 8.81. The van der Waals surface area contributed by atoms with Gasteiger partial charge in [0, 0.05) is 12.4 Å². The minimum Gasteiger partial charge on any atom is -0.396 e. The third-order valence-corrected chi connectivity index (χ3v) is 3.42. The second-order valence-corrected chi connectivity index (χ2v) is 4.78. The normalized spacial score (nSPS) is 10.5. The Bertz CT molecular complexity index is 236. The van der Waals surface area contributed by atoms with Crippen molar-refractivity contribution in [3.63, 3.8) is 0 Å². The molecule has 0 spiro atoms. The lowest BCUT2D eigenvalue weighted by Gasteiger charge is -2.01. The van der Waals surface area contributed by atoms with Crippen molar-refractivity contribution in [1.82, 2.24) is 0 Å². The highest BCUT2D eigenvalue weighted by Gasteiger charge is 1.93. The number of aliphatic hydroxyl groups excluding tert-OH is 1. The van der Waals surface area contributed by atoms with Gasteiger partial charge in [-0.05, 0) is 24.2 Å². The highest BCUT2D eigenvalue weighted by atomic mass is 32.2. The van der Waals surface area contributed by atoms with Crippen LogP contribution in [0.2, 0.25) is 0 Å². The smallest absolute Gasteiger partial charge is 0.0431 e. The first-order valence-electron chi connectivity index (χ1n) is 5.66. The Morgan fingerprint density at radius 1 is 0.933 bits per heavy atom. The lowest BCUT2D eigenvalue weighted by Crippen LogP contribution is -1.86. The van der Waals surface area contributed by atoms with Crippen LogP contribution in [0.5, 0.6) is 0 Å². The topological polar surface area (TPSA) is 20.2 Å². The first kappa shape index (κ1) is 12.6. The molecular formula is C13H20OS. The zero-order chi connectivity index (χ0) is 10.8. The predicted octanol–water partition coefficient (Wildman–Crippen LogP) is 3.47. The van der Waals surface area contributed by atoms with E-state index in [-0.39, 0.29) is 0 Å². The number of thioether (sulfide) groups is 1. The Morgan fingerprint density at radius 3 is 2.40 bits per heavy atom. The van der Waals surface area contributed by atoms with Gasteiger partial charge in [0.05, 0.1) is 0 Å². The summed E-state index contributed by atoms with van der Waals surface area (Å²) < 4.78 is 0. The van der Waals surface area contributed by atoms with E-state index in [9.17, 15) is 0 Å². The molecular weight excluding hydrogens is 204 g/mol. The van der Waals surface area contributed by atoms with Gasteiger partial charge in [0.1, 0.15) is 0 Å². The van der Waals surface area contributed by atoms with Gasteiger partial charge in [0.2, 0.25) is 0 Å². The fraction of sp³-hybridized carbons (Fsp3) is 0.538. The standard InChI is InChI=1S/C13H20OS/c14-10-6-1-2-7-11-15-12-13-8-4-3-5-9-13/h3-5,8-9,14H,1-2,6-7,10-12H2. The van der Waals surface area contributed by atoms with Gasteiger partial charge < -0.3 is 5.11 Å². The molecule has 0 aliphatic carbocycles. The number of benzene rings is 1. The number of hydrogen-bond donors (Lipinski definition) is 1. The van der Waals surface area contributed by atoms with E-state index in [1.807, 2.05) is 11.8 Å². The molecule has 1 aromatic rings. The monoisotopic (exact) mass is 224 g/mol. The van der Waals surface area contributed by atoms with Crippen LogP contribution in [-0.2, 0) is 5.75 Å². The fourth-order valence-electron chi connectivity index (χ4n) is 1.43. The summed E-state index contributed by atoms with van der Waals surface area (Å²) in [6.07, 6.45) is 4.66. The van der Waals surface area contributed by atoms with Crippen LogP contribution in [-0.4, -0.2) is 17.5 Å². The molecule has 0 aliphatic heterocycles. The fourth-order valence-corrected chi connectivity index (χ4v) is 2.41. The predicted molar refractivity (Wildman–Crippen MR) is 68.2 cm³/mol. The van der Waals surface area contributed by atoms with Crippen LogP contribution >= 0.6 is 11.8 Å². The lowest BCUT2D eigenvalue weighted by atomic mass is 10.2. The summed E-state index contributed by atoms with van der Waals surface area (Å²) in [6, 6.07) is 10.6. The Hall–Kier alpha value is -0.470. The summed E-state index contributed by atoms with van der Waals surface area (Å²) in [6.45, 7) is 0.344. The van der Waals surface area contributed by atoms with Crippen molar-refractivity contribution >= 4 is 11.8 Å². The molecule has 1 nitrogen and oxygen atoms in total. The van der Waals surface area contributed by atoms with Crippen LogP contribution in [0.3, 0.4) is 0 Å². The van der Waals surface area contributed by atoms with Gasteiger partial charge in [-0.15, -0.1) is 0 Å². The average molecular weight is 224 g/mol. The third-order valence-electron chi connectivity index (χ3n) is 2.31. The summed E-state index contributed by atoms with van der Waals surface area (Å²) >= 11 is 2.00. The molecule has 1 rings (SSSR count). The SMILES string of the molecule is OCCCCCCSCc1ccccc1. The lowest BCUT2D eigenvalue weighted by molar-refractivity contribution is 0.283. The summed E-state index contributed by atoms with van der Waals surface area (Å²) in [5.74, 6) is 2.36. The van der Waals surface area contributed by atoms with Crippen molar-refractivity contribution in [2.75, 3.05) is 12.4 Å². The van der Waals surface area contributed by atoms with Crippen molar-refractivity contribution in [3.05, 3.63) is 35.9 Å². The van der Waals surface area contributed by atoms with Gasteiger partial charge in [0.25, 0.3) is 0 Å². The minimum absolute atomic E-state index is 0.344. The van der Waals surface area contributed by atoms with Gasteiger partial charge in [0.15, 0.2) is 0 Å². The number of hydrogen-bond acceptors (Lipinski definition) is 2. The van der Waals surface area contributed by atoms with Crippen molar-refractivity contribution in [2.45, 2.75) is 31.4 Å². The Morgan fingerprint density at radius 2 is 1.67 bits per heavy atom. The molecule has 0 unspecified atom stereocenters. The molecule has 0 bridgehead atoms. The largest absolute Gasteiger partial charge is 0.396 e. The molecule has 0 atom stereocenters. The van der Waals surface area contributed by atoms with E-state index in [4.69, 9.17) is 5.11 Å². The molecule has 15 heavy (non-hydrogen) atoms. The molecule has 0 fully saturated rings. The minimum atomic E-state index is 0.344. The molecule has 0 heterocycles. The van der Waals surface area contributed by atoms with Gasteiger partial charge in [-0.1, -0.05) is 43.2 Å². The first-order chi connectivity index (χ1) is 7.43. The van der Waals surface area contributed by atoms with Gasteiger partial charge in [-0.25, -0.2) is 0 Å². The average Bonchev–Trinajstić information content (AvgIpc) is 2.29. The Labute approximate surface area is 96.9 Å². The second-order valence-electron chi connectivity index (χ2n) is 3.68. The van der Waals surface area contributed by atoms with E-state index in [1.165, 1.54) is 30.6 Å². The molecule has 0 saturated heterocycles. The van der Waals surface area contributed by atoms with Crippen LogP contribution in [0.15, 0.2) is 30.3 Å². The quantitative estimate of drug-likeness (QED) is 0.682. The van der Waals surface area contributed by atoms with Crippen LogP contribution in [0.4, 0.5) is 0 Å². The van der Waals surface area contributed by atoms with E-state index in [2.05, 4.69) is 30.3 Å². The van der Waals surface area contributed by atoms with Crippen molar-refractivity contribution in [3.8, 4) is 0 Å². The maximum atomic E-state index is 8.61. The first-order valence-corrected chi connectivity index (χ1v) is 6.81. The third kappa shape index (κ3) is 6.58. The molecule has 1 aromatic carbocycles. The molecule has 84 valence electrons. The highest BCUT2D eigenvalue weighted by molar-refractivity contribution is 7.98. The van der Waals surface area contributed by atoms with Crippen LogP contribution in [0, 0.1) is 0 Å². The van der Waals surface area contributed by atoms with Crippen molar-refractivity contribution in [2.24, 2.45) is 0 Å². The molecule has 0 saturated carbocycles. The van der Waals surface area contributed by atoms with Crippen molar-refractivity contribution in [1.29, 1.82) is 0 Å². The number of rotatable bonds is 8. The summed E-state index contributed by atoms with van der Waals surface area (Å²) in [7, 11) is 0. The highest BCUT2D eigenvalue weighted by Crippen LogP contribution is 2.14. The summed E-state index contributed by atoms with van der Waals surface area (Å²) in [5, 5.41) is 8.61. The Balaban J connectivity index is 1.93. The van der Waals surface area contributed by atoms with Crippen LogP contribution in [0.1, 0.15) is 31.2 Å². The van der Waals surface area contributed by atoms with Crippen LogP contribution < -0.4 is 0 Å². The van der Waals surface area contributed by atoms with Gasteiger partial charge in [-0.2, -0.15) is 11.8 Å². The van der Waals surface area contributed by atoms with E-state index >= 15 is 0 Å². The van der Waals surface area contributed by atoms with Crippen LogP contribution in [0.25, 0.3) is 0 Å². The zero-order valence-electron chi connectivity index (χ0n) is 9.19. The van der Waals surface area contributed by atoms with E-state index < -0.39 is 0 Å². The molecule has 0 aliphatic rings. The van der Waals surface area contributed by atoms with Gasteiger partial charge >= 0.3 is 0 Å². The van der Waals surface area contributed by atoms with E-state index in [0.29, 0.717) is 6.61 Å². The molecule has 0 radical (unpaired) electrons. The van der Waals surface area contributed by atoms with Gasteiger partial charge in [-0.3, -0.25) is 0 Å². The zero-order valence-corrected chi connectivity index (χ0v) is 10.0.